The molecule has 0 saturated carbocycles. The van der Waals surface area contributed by atoms with E-state index in [0.717, 1.165) is 26.0 Å². The molecule has 1 heterocycles. The molecule has 0 bridgehead atoms. The number of nitro benzene ring substituents is 1. The molecule has 4 aromatic rings. The van der Waals surface area contributed by atoms with Crippen LogP contribution in [0.15, 0.2) is 82.5 Å². The van der Waals surface area contributed by atoms with Crippen LogP contribution in [0.2, 0.25) is 0 Å². The Labute approximate surface area is 171 Å². The summed E-state index contributed by atoms with van der Waals surface area (Å²) in [6.07, 6.45) is 0. The van der Waals surface area contributed by atoms with Crippen molar-refractivity contribution in [1.29, 1.82) is 0 Å². The average molecular weight is 423 g/mol. The van der Waals surface area contributed by atoms with E-state index in [2.05, 4.69) is 0 Å². The van der Waals surface area contributed by atoms with Gasteiger partial charge in [-0.05, 0) is 30.7 Å². The van der Waals surface area contributed by atoms with Crippen LogP contribution in [-0.4, -0.2) is 22.1 Å². The van der Waals surface area contributed by atoms with Gasteiger partial charge in [0.1, 0.15) is 0 Å². The average Bonchev–Trinajstić information content (AvgIpc) is 3.01. The monoisotopic (exact) mass is 423 g/mol. The van der Waals surface area contributed by atoms with Crippen LogP contribution in [0.3, 0.4) is 0 Å². The Bertz CT molecular complexity index is 1420. The van der Waals surface area contributed by atoms with E-state index in [1.807, 2.05) is 13.0 Å². The zero-order chi connectivity index (χ0) is 21.5. The minimum absolute atomic E-state index is 0.00670. The molecule has 9 heteroatoms. The maximum atomic E-state index is 13.5. The van der Waals surface area contributed by atoms with Crippen LogP contribution < -0.4 is 5.56 Å². The first-order chi connectivity index (χ1) is 14.3. The van der Waals surface area contributed by atoms with Gasteiger partial charge in [-0.3, -0.25) is 14.9 Å². The zero-order valence-electron chi connectivity index (χ0n) is 15.9. The number of fused-ring (bicyclic) bond motifs is 1. The first-order valence-electron chi connectivity index (χ1n) is 9.05. The van der Waals surface area contributed by atoms with Crippen molar-refractivity contribution < 1.29 is 13.3 Å². The lowest BCUT2D eigenvalue weighted by atomic mass is 10.2. The van der Waals surface area contributed by atoms with Crippen LogP contribution >= 0.6 is 0 Å². The second kappa shape index (κ2) is 7.27. The number of hydrogen-bond donors (Lipinski definition) is 0. The van der Waals surface area contributed by atoms with Crippen molar-refractivity contribution in [2.75, 3.05) is 0 Å². The van der Waals surface area contributed by atoms with E-state index in [-0.39, 0.29) is 28.0 Å². The van der Waals surface area contributed by atoms with E-state index >= 15 is 0 Å². The third-order valence-electron chi connectivity index (χ3n) is 4.80. The minimum atomic E-state index is -4.14. The van der Waals surface area contributed by atoms with Crippen LogP contribution in [0.4, 0.5) is 5.69 Å². The summed E-state index contributed by atoms with van der Waals surface area (Å²) < 4.78 is 29.0. The third kappa shape index (κ3) is 3.29. The van der Waals surface area contributed by atoms with E-state index in [1.165, 1.54) is 24.3 Å². The van der Waals surface area contributed by atoms with Gasteiger partial charge in [0.2, 0.25) is 0 Å². The van der Waals surface area contributed by atoms with Gasteiger partial charge in [-0.25, -0.2) is 4.68 Å². The Morgan fingerprint density at radius 2 is 1.63 bits per heavy atom. The minimum Gasteiger partial charge on any atom is -0.267 e. The molecule has 1 aromatic heterocycles. The molecular weight excluding hydrogens is 406 g/mol. The van der Waals surface area contributed by atoms with Crippen molar-refractivity contribution in [3.8, 4) is 0 Å². The van der Waals surface area contributed by atoms with Gasteiger partial charge < -0.3 is 0 Å². The highest BCUT2D eigenvalue weighted by molar-refractivity contribution is 7.90. The Morgan fingerprint density at radius 3 is 2.27 bits per heavy atom. The SMILES string of the molecule is Cc1ccc(S(=O)(=O)n2c3ccc([N+](=O)[O-])cc3c(=O)n2Cc2ccccc2)cc1. The van der Waals surface area contributed by atoms with Gasteiger partial charge in [-0.1, -0.05) is 48.0 Å². The molecule has 0 aliphatic carbocycles. The number of benzene rings is 3. The number of non-ortho nitro benzene ring substituents is 1. The molecule has 0 spiro atoms. The normalized spacial score (nSPS) is 11.6. The van der Waals surface area contributed by atoms with Crippen molar-refractivity contribution in [2.45, 2.75) is 18.4 Å². The molecule has 0 unspecified atom stereocenters. The molecule has 152 valence electrons. The van der Waals surface area contributed by atoms with Gasteiger partial charge in [0.05, 0.1) is 27.3 Å². The number of hydrogen-bond acceptors (Lipinski definition) is 5. The highest BCUT2D eigenvalue weighted by Gasteiger charge is 2.26. The lowest BCUT2D eigenvalue weighted by molar-refractivity contribution is -0.384. The van der Waals surface area contributed by atoms with Crippen molar-refractivity contribution in [2.24, 2.45) is 0 Å². The first-order valence-corrected chi connectivity index (χ1v) is 10.5. The fourth-order valence-electron chi connectivity index (χ4n) is 3.29. The van der Waals surface area contributed by atoms with Gasteiger partial charge in [0.25, 0.3) is 21.3 Å². The van der Waals surface area contributed by atoms with Gasteiger partial charge >= 0.3 is 0 Å². The van der Waals surface area contributed by atoms with Crippen LogP contribution in [0.5, 0.6) is 0 Å². The fourth-order valence-corrected chi connectivity index (χ4v) is 4.78. The number of aromatic nitrogens is 2. The zero-order valence-corrected chi connectivity index (χ0v) is 16.7. The van der Waals surface area contributed by atoms with Crippen LogP contribution in [0.1, 0.15) is 11.1 Å². The van der Waals surface area contributed by atoms with Crippen LogP contribution in [0, 0.1) is 17.0 Å². The van der Waals surface area contributed by atoms with Crippen molar-refractivity contribution >= 4 is 26.6 Å². The molecule has 0 fully saturated rings. The molecule has 8 nitrogen and oxygen atoms in total. The van der Waals surface area contributed by atoms with Gasteiger partial charge in [0.15, 0.2) is 0 Å². The maximum absolute atomic E-state index is 13.5. The van der Waals surface area contributed by atoms with Gasteiger partial charge in [-0.2, -0.15) is 12.5 Å². The summed E-state index contributed by atoms with van der Waals surface area (Å²) in [6, 6.07) is 18.8. The molecule has 0 saturated heterocycles. The summed E-state index contributed by atoms with van der Waals surface area (Å²) in [7, 11) is -4.14. The van der Waals surface area contributed by atoms with E-state index in [1.54, 1.807) is 36.4 Å². The second-order valence-electron chi connectivity index (χ2n) is 6.87. The molecule has 3 aromatic carbocycles. The Kier molecular flexibility index (Phi) is 4.75. The molecule has 4 rings (SSSR count). The van der Waals surface area contributed by atoms with E-state index < -0.39 is 20.5 Å². The summed E-state index contributed by atoms with van der Waals surface area (Å²) in [4.78, 5) is 23.7. The molecule has 0 aliphatic rings. The lowest BCUT2D eigenvalue weighted by Gasteiger charge is -2.14. The number of nitro groups is 1. The molecule has 0 amide bonds. The Balaban J connectivity index is 2.03. The van der Waals surface area contributed by atoms with E-state index in [4.69, 9.17) is 0 Å². The summed E-state index contributed by atoms with van der Waals surface area (Å²) in [5.41, 5.74) is 0.799. The summed E-state index contributed by atoms with van der Waals surface area (Å²) >= 11 is 0. The fraction of sp³-hybridized carbons (Fsp3) is 0.0952. The Hall–Kier alpha value is -3.72. The summed E-state index contributed by atoms with van der Waals surface area (Å²) in [6.45, 7) is 1.83. The predicted molar refractivity (Wildman–Crippen MR) is 112 cm³/mol. The molecule has 0 N–H and O–H groups in total. The van der Waals surface area contributed by atoms with Crippen LogP contribution in [0.25, 0.3) is 10.9 Å². The second-order valence-corrected chi connectivity index (χ2v) is 8.64. The molecule has 0 radical (unpaired) electrons. The van der Waals surface area contributed by atoms with Crippen LogP contribution in [-0.2, 0) is 16.6 Å². The smallest absolute Gasteiger partial charge is 0.267 e. The summed E-state index contributed by atoms with van der Waals surface area (Å²) in [5.74, 6) is 0. The van der Waals surface area contributed by atoms with Crippen molar-refractivity contribution in [3.05, 3.63) is 104 Å². The maximum Gasteiger partial charge on any atom is 0.282 e. The topological polar surface area (TPSA) is 104 Å². The third-order valence-corrected chi connectivity index (χ3v) is 6.52. The lowest BCUT2D eigenvalue weighted by Crippen LogP contribution is -2.28. The molecule has 0 aliphatic heterocycles. The molecule has 30 heavy (non-hydrogen) atoms. The first kappa shape index (κ1) is 19.6. The number of nitrogens with zero attached hydrogens (tertiary/aromatic N) is 3. The van der Waals surface area contributed by atoms with Crippen molar-refractivity contribution in [1.82, 2.24) is 8.77 Å². The van der Waals surface area contributed by atoms with E-state index in [0.29, 0.717) is 0 Å². The molecule has 0 atom stereocenters. The standard InChI is InChI=1S/C21H17N3O5S/c1-15-7-10-18(11-8-15)30(28,29)23-20-12-9-17(24(26)27)13-19(20)21(25)22(23)14-16-5-3-2-4-6-16/h2-13H,14H2,1H3. The number of aryl methyl sites for hydroxylation is 1. The van der Waals surface area contributed by atoms with Crippen molar-refractivity contribution in [3.63, 3.8) is 0 Å². The quantitative estimate of drug-likeness (QED) is 0.362. The van der Waals surface area contributed by atoms with E-state index in [9.17, 15) is 23.3 Å². The van der Waals surface area contributed by atoms with Gasteiger partial charge in [0, 0.05) is 12.1 Å². The largest absolute Gasteiger partial charge is 0.282 e. The molecular formula is C21H17N3O5S. The predicted octanol–water partition coefficient (Wildman–Crippen LogP) is 3.30. The summed E-state index contributed by atoms with van der Waals surface area (Å²) in [5, 5.41) is 11.1. The van der Waals surface area contributed by atoms with Gasteiger partial charge in [-0.15, -0.1) is 0 Å². The Morgan fingerprint density at radius 1 is 0.967 bits per heavy atom. The highest BCUT2D eigenvalue weighted by Crippen LogP contribution is 2.24. The number of rotatable bonds is 5. The highest BCUT2D eigenvalue weighted by atomic mass is 32.2.